The predicted molar refractivity (Wildman–Crippen MR) is 236 cm³/mol. The lowest BCUT2D eigenvalue weighted by atomic mass is 10.0. The van der Waals surface area contributed by atoms with Crippen LogP contribution in [0.5, 0.6) is 0 Å². The Morgan fingerprint density at radius 1 is 0.304 bits per heavy atom. The number of benzene rings is 7. The maximum Gasteiger partial charge on any atom is 0.161 e. The van der Waals surface area contributed by atoms with Crippen molar-refractivity contribution in [3.8, 4) is 67.5 Å². The van der Waals surface area contributed by atoms with Crippen molar-refractivity contribution in [3.63, 3.8) is 0 Å². The van der Waals surface area contributed by atoms with E-state index in [-0.39, 0.29) is 0 Å². The van der Waals surface area contributed by atoms with E-state index in [9.17, 15) is 0 Å². The van der Waals surface area contributed by atoms with Crippen LogP contribution in [-0.2, 0) is 0 Å². The summed E-state index contributed by atoms with van der Waals surface area (Å²) in [5, 5.41) is 2.24. The summed E-state index contributed by atoms with van der Waals surface area (Å²) in [5.74, 6) is 1.28. The van der Waals surface area contributed by atoms with Crippen molar-refractivity contribution in [2.75, 3.05) is 0 Å². The Morgan fingerprint density at radius 3 is 1.14 bits per heavy atom. The van der Waals surface area contributed by atoms with E-state index in [1.807, 2.05) is 0 Å². The third-order valence-corrected chi connectivity index (χ3v) is 12.7. The second-order valence-corrected chi connectivity index (χ2v) is 15.9. The first-order valence-corrected chi connectivity index (χ1v) is 20.2. The van der Waals surface area contributed by atoms with Gasteiger partial charge in [-0.25, -0.2) is 19.9 Å². The van der Waals surface area contributed by atoms with Crippen LogP contribution >= 0.6 is 22.7 Å². The van der Waals surface area contributed by atoms with Crippen molar-refractivity contribution in [1.29, 1.82) is 0 Å². The molecule has 0 saturated carbocycles. The molecule has 0 spiro atoms. The molecule has 0 unspecified atom stereocenters. The summed E-state index contributed by atoms with van der Waals surface area (Å²) in [6, 6.07) is 63.7. The van der Waals surface area contributed by atoms with Crippen LogP contribution in [0.1, 0.15) is 0 Å². The molecule has 0 amide bonds. The standard InChI is InChI=1S/C50H30N4S2/c1-3-15-31(16-4-1)33-19-13-21-35(29-33)43-47-45(39-25-9-11-27-41(39)55-47)53-49(51-43)37-23-7-8-24-38(37)50-52-44(48-46(54-50)40-26-10-12-28-42(40)56-48)36-22-14-20-34(30-36)32-17-5-2-6-18-32/h1-30H. The van der Waals surface area contributed by atoms with Crippen LogP contribution in [0.4, 0.5) is 0 Å². The highest BCUT2D eigenvalue weighted by Crippen LogP contribution is 2.43. The maximum absolute atomic E-state index is 5.43. The maximum atomic E-state index is 5.43. The molecule has 56 heavy (non-hydrogen) atoms. The van der Waals surface area contributed by atoms with E-state index in [1.54, 1.807) is 22.7 Å². The van der Waals surface area contributed by atoms with Gasteiger partial charge in [0.1, 0.15) is 0 Å². The molecule has 4 heterocycles. The first kappa shape index (κ1) is 32.6. The van der Waals surface area contributed by atoms with Gasteiger partial charge in [0.2, 0.25) is 0 Å². The highest BCUT2D eigenvalue weighted by molar-refractivity contribution is 7.26. The van der Waals surface area contributed by atoms with Crippen molar-refractivity contribution in [3.05, 3.63) is 182 Å². The van der Waals surface area contributed by atoms with Crippen LogP contribution < -0.4 is 0 Å². The van der Waals surface area contributed by atoms with Crippen molar-refractivity contribution in [2.24, 2.45) is 0 Å². The van der Waals surface area contributed by atoms with Crippen molar-refractivity contribution >= 4 is 63.3 Å². The molecule has 0 aliphatic carbocycles. The van der Waals surface area contributed by atoms with E-state index in [0.717, 1.165) is 76.0 Å². The van der Waals surface area contributed by atoms with Crippen molar-refractivity contribution in [1.82, 2.24) is 19.9 Å². The fourth-order valence-electron chi connectivity index (χ4n) is 7.64. The molecular formula is C50H30N4S2. The van der Waals surface area contributed by atoms with Crippen molar-refractivity contribution in [2.45, 2.75) is 0 Å². The van der Waals surface area contributed by atoms with E-state index in [4.69, 9.17) is 19.9 Å². The van der Waals surface area contributed by atoms with Gasteiger partial charge in [-0.05, 0) is 46.5 Å². The summed E-state index contributed by atoms with van der Waals surface area (Å²) in [6.45, 7) is 0. The van der Waals surface area contributed by atoms with E-state index >= 15 is 0 Å². The fraction of sp³-hybridized carbons (Fsp3) is 0. The van der Waals surface area contributed by atoms with Gasteiger partial charge in [0, 0.05) is 42.4 Å². The molecule has 4 nitrogen and oxygen atoms in total. The quantitative estimate of drug-likeness (QED) is 0.170. The number of thiophene rings is 2. The number of hydrogen-bond acceptors (Lipinski definition) is 6. The minimum Gasteiger partial charge on any atom is -0.226 e. The summed E-state index contributed by atoms with van der Waals surface area (Å²) in [5.41, 5.74) is 12.2. The number of rotatable bonds is 6. The molecule has 0 radical (unpaired) electrons. The fourth-order valence-corrected chi connectivity index (χ4v) is 9.95. The molecule has 262 valence electrons. The Balaban J connectivity index is 1.14. The van der Waals surface area contributed by atoms with Crippen LogP contribution in [0.3, 0.4) is 0 Å². The molecule has 11 rings (SSSR count). The summed E-state index contributed by atoms with van der Waals surface area (Å²) < 4.78 is 4.51. The van der Waals surface area contributed by atoms with Crippen LogP contribution in [0.25, 0.3) is 108 Å². The van der Waals surface area contributed by atoms with Crippen LogP contribution in [-0.4, -0.2) is 19.9 Å². The molecule has 4 aromatic heterocycles. The Hall–Kier alpha value is -6.86. The summed E-state index contributed by atoms with van der Waals surface area (Å²) in [4.78, 5) is 21.6. The highest BCUT2D eigenvalue weighted by Gasteiger charge is 2.22. The van der Waals surface area contributed by atoms with Crippen LogP contribution in [0.2, 0.25) is 0 Å². The van der Waals surface area contributed by atoms with Gasteiger partial charge in [0.05, 0.1) is 31.8 Å². The zero-order valence-corrected chi connectivity index (χ0v) is 31.6. The first-order chi connectivity index (χ1) is 27.7. The molecule has 0 bridgehead atoms. The van der Waals surface area contributed by atoms with Gasteiger partial charge in [0.15, 0.2) is 11.6 Å². The van der Waals surface area contributed by atoms with Gasteiger partial charge in [-0.15, -0.1) is 22.7 Å². The molecule has 0 fully saturated rings. The normalized spacial score (nSPS) is 11.6. The molecule has 0 N–H and O–H groups in total. The summed E-state index contributed by atoms with van der Waals surface area (Å²) in [6.07, 6.45) is 0. The lowest BCUT2D eigenvalue weighted by Gasteiger charge is -2.13. The van der Waals surface area contributed by atoms with Gasteiger partial charge in [-0.1, -0.05) is 158 Å². The van der Waals surface area contributed by atoms with E-state index < -0.39 is 0 Å². The van der Waals surface area contributed by atoms with Crippen molar-refractivity contribution < 1.29 is 0 Å². The SMILES string of the molecule is c1ccc(-c2cccc(-c3nc(-c4ccccc4-c4nc(-c5cccc(-c6ccccc6)c5)c5sc6ccccc6c5n4)nc4c3sc3ccccc34)c2)cc1. The van der Waals surface area contributed by atoms with Gasteiger partial charge < -0.3 is 0 Å². The van der Waals surface area contributed by atoms with E-state index in [1.165, 1.54) is 20.5 Å². The molecule has 7 aromatic carbocycles. The predicted octanol–water partition coefficient (Wildman–Crippen LogP) is 14.0. The summed E-state index contributed by atoms with van der Waals surface area (Å²) in [7, 11) is 0. The zero-order valence-electron chi connectivity index (χ0n) is 29.9. The highest BCUT2D eigenvalue weighted by atomic mass is 32.1. The third kappa shape index (κ3) is 5.58. The Labute approximate surface area is 331 Å². The average Bonchev–Trinajstić information content (AvgIpc) is 3.85. The molecule has 0 aliphatic heterocycles. The third-order valence-electron chi connectivity index (χ3n) is 10.3. The average molecular weight is 751 g/mol. The van der Waals surface area contributed by atoms with Crippen LogP contribution in [0, 0.1) is 0 Å². The summed E-state index contributed by atoms with van der Waals surface area (Å²) >= 11 is 3.49. The zero-order chi connectivity index (χ0) is 37.0. The number of nitrogens with zero attached hydrogens (tertiary/aromatic N) is 4. The second kappa shape index (κ2) is 13.5. The molecule has 6 heteroatoms. The minimum absolute atomic E-state index is 0.642. The molecule has 0 saturated heterocycles. The topological polar surface area (TPSA) is 51.6 Å². The monoisotopic (exact) mass is 750 g/mol. The second-order valence-electron chi connectivity index (χ2n) is 13.8. The Bertz CT molecular complexity index is 3040. The van der Waals surface area contributed by atoms with E-state index in [2.05, 4.69) is 182 Å². The van der Waals surface area contributed by atoms with E-state index in [0.29, 0.717) is 11.6 Å². The van der Waals surface area contributed by atoms with Gasteiger partial charge in [-0.2, -0.15) is 0 Å². The van der Waals surface area contributed by atoms with Gasteiger partial charge >= 0.3 is 0 Å². The van der Waals surface area contributed by atoms with Crippen LogP contribution in [0.15, 0.2) is 182 Å². The first-order valence-electron chi connectivity index (χ1n) is 18.6. The number of hydrogen-bond donors (Lipinski definition) is 0. The number of aromatic nitrogens is 4. The lowest BCUT2D eigenvalue weighted by Crippen LogP contribution is -1.99. The molecule has 0 aliphatic rings. The molecule has 11 aromatic rings. The largest absolute Gasteiger partial charge is 0.226 e. The van der Waals surface area contributed by atoms with Gasteiger partial charge in [0.25, 0.3) is 0 Å². The number of fused-ring (bicyclic) bond motifs is 6. The van der Waals surface area contributed by atoms with Gasteiger partial charge in [-0.3, -0.25) is 0 Å². The lowest BCUT2D eigenvalue weighted by molar-refractivity contribution is 1.21. The molecular weight excluding hydrogens is 721 g/mol. The minimum atomic E-state index is 0.642. The Kier molecular flexibility index (Phi) is 7.83. The smallest absolute Gasteiger partial charge is 0.161 e. The molecule has 0 atom stereocenters. The Morgan fingerprint density at radius 2 is 0.679 bits per heavy atom.